The lowest BCUT2D eigenvalue weighted by atomic mass is 9.97. The fourth-order valence-corrected chi connectivity index (χ4v) is 5.15. The third-order valence-electron chi connectivity index (χ3n) is 5.25. The second kappa shape index (κ2) is 8.05. The van der Waals surface area contributed by atoms with E-state index in [9.17, 15) is 9.59 Å². The van der Waals surface area contributed by atoms with Gasteiger partial charge in [0, 0.05) is 22.9 Å². The molecule has 7 heteroatoms. The number of aromatic nitrogens is 2. The Bertz CT molecular complexity index is 1090. The minimum Gasteiger partial charge on any atom is -0.350 e. The van der Waals surface area contributed by atoms with Gasteiger partial charge >= 0.3 is 0 Å². The molecule has 0 saturated carbocycles. The molecule has 4 rings (SSSR count). The molecule has 1 aliphatic carbocycles. The highest BCUT2D eigenvalue weighted by Gasteiger charge is 2.20. The molecule has 0 radical (unpaired) electrons. The largest absolute Gasteiger partial charge is 0.350 e. The van der Waals surface area contributed by atoms with Crippen molar-refractivity contribution >= 4 is 39.1 Å². The number of hydrogen-bond donors (Lipinski definition) is 1. The Hall–Kier alpha value is -2.18. The van der Waals surface area contributed by atoms with Crippen LogP contribution in [-0.4, -0.2) is 15.5 Å². The van der Waals surface area contributed by atoms with E-state index in [4.69, 9.17) is 11.6 Å². The Morgan fingerprint density at radius 1 is 1.36 bits per heavy atom. The van der Waals surface area contributed by atoms with Gasteiger partial charge in [-0.3, -0.25) is 14.2 Å². The number of rotatable bonds is 5. The van der Waals surface area contributed by atoms with E-state index >= 15 is 0 Å². The number of nitrogens with zero attached hydrogens (tertiary/aromatic N) is 2. The lowest BCUT2D eigenvalue weighted by Gasteiger charge is -2.15. The second-order valence-corrected chi connectivity index (χ2v) is 8.75. The van der Waals surface area contributed by atoms with Gasteiger partial charge in [-0.25, -0.2) is 4.98 Å². The number of carbonyl (C=O) groups excluding carboxylic acids is 1. The van der Waals surface area contributed by atoms with E-state index in [0.29, 0.717) is 11.6 Å². The van der Waals surface area contributed by atoms with Gasteiger partial charge in [0.15, 0.2) is 0 Å². The predicted octanol–water partition coefficient (Wildman–Crippen LogP) is 4.26. The van der Waals surface area contributed by atoms with Gasteiger partial charge in [-0.05, 0) is 55.9 Å². The van der Waals surface area contributed by atoms with Crippen molar-refractivity contribution < 1.29 is 4.79 Å². The van der Waals surface area contributed by atoms with Crippen LogP contribution in [0.2, 0.25) is 5.02 Å². The number of carbonyl (C=O) groups is 1. The molecule has 0 saturated heterocycles. The number of halogens is 1. The summed E-state index contributed by atoms with van der Waals surface area (Å²) in [6, 6.07) is 7.29. The summed E-state index contributed by atoms with van der Waals surface area (Å²) in [7, 11) is 0. The van der Waals surface area contributed by atoms with Gasteiger partial charge in [0.25, 0.3) is 5.56 Å². The Morgan fingerprint density at radius 3 is 3.00 bits per heavy atom. The monoisotopic (exact) mass is 415 g/mol. The highest BCUT2D eigenvalue weighted by atomic mass is 35.5. The molecule has 146 valence electrons. The third kappa shape index (κ3) is 3.84. The summed E-state index contributed by atoms with van der Waals surface area (Å²) in [5.74, 6) is -0.105. The van der Waals surface area contributed by atoms with Crippen LogP contribution >= 0.6 is 22.9 Å². The Kier molecular flexibility index (Phi) is 5.51. The van der Waals surface area contributed by atoms with E-state index in [-0.39, 0.29) is 23.9 Å². The number of thiophene rings is 1. The van der Waals surface area contributed by atoms with Crippen molar-refractivity contribution in [1.82, 2.24) is 14.9 Å². The minimum atomic E-state index is -0.146. The number of fused-ring (bicyclic) bond motifs is 3. The molecule has 1 unspecified atom stereocenters. The molecule has 0 aliphatic heterocycles. The van der Waals surface area contributed by atoms with E-state index in [0.717, 1.165) is 35.0 Å². The molecule has 1 aromatic carbocycles. The van der Waals surface area contributed by atoms with E-state index in [1.165, 1.54) is 16.9 Å². The maximum absolute atomic E-state index is 12.9. The average Bonchev–Trinajstić information content (AvgIpc) is 3.06. The van der Waals surface area contributed by atoms with Crippen LogP contribution in [0.3, 0.4) is 0 Å². The average molecular weight is 416 g/mol. The van der Waals surface area contributed by atoms with Crippen molar-refractivity contribution in [2.45, 2.75) is 51.6 Å². The first-order chi connectivity index (χ1) is 13.5. The van der Waals surface area contributed by atoms with Crippen molar-refractivity contribution in [2.24, 2.45) is 0 Å². The standard InChI is InChI=1S/C21H22ClN3O2S/c1-13(14-5-4-6-15(22)11-14)24-18(26)9-10-25-12-23-20-19(21(25)27)16-7-2-3-8-17(16)28-20/h4-6,11-13H,2-3,7-10H2,1H3,(H,24,26). The number of nitrogens with one attached hydrogen (secondary N) is 1. The number of hydrogen-bond acceptors (Lipinski definition) is 4. The van der Waals surface area contributed by atoms with Crippen molar-refractivity contribution in [3.63, 3.8) is 0 Å². The van der Waals surface area contributed by atoms with E-state index in [1.54, 1.807) is 28.3 Å². The molecule has 2 heterocycles. The first kappa shape index (κ1) is 19.2. The Labute approximate surface area is 172 Å². The van der Waals surface area contributed by atoms with Gasteiger partial charge in [0.1, 0.15) is 4.83 Å². The first-order valence-electron chi connectivity index (χ1n) is 9.57. The zero-order valence-corrected chi connectivity index (χ0v) is 17.3. The van der Waals surface area contributed by atoms with E-state index < -0.39 is 0 Å². The molecular weight excluding hydrogens is 394 g/mol. The number of benzene rings is 1. The van der Waals surface area contributed by atoms with Crippen LogP contribution < -0.4 is 10.9 Å². The summed E-state index contributed by atoms with van der Waals surface area (Å²) in [6.07, 6.45) is 6.09. The van der Waals surface area contributed by atoms with Gasteiger partial charge < -0.3 is 5.32 Å². The van der Waals surface area contributed by atoms with Crippen LogP contribution in [0.15, 0.2) is 35.4 Å². The van der Waals surface area contributed by atoms with Crippen LogP contribution in [0, 0.1) is 0 Å². The first-order valence-corrected chi connectivity index (χ1v) is 10.8. The number of aryl methyl sites for hydroxylation is 3. The molecule has 1 N–H and O–H groups in total. The molecule has 0 bridgehead atoms. The quantitative estimate of drug-likeness (QED) is 0.677. The maximum atomic E-state index is 12.9. The summed E-state index contributed by atoms with van der Waals surface area (Å²) in [4.78, 5) is 31.9. The zero-order chi connectivity index (χ0) is 19.7. The molecule has 1 aliphatic rings. The van der Waals surface area contributed by atoms with Crippen molar-refractivity contribution in [1.29, 1.82) is 0 Å². The van der Waals surface area contributed by atoms with Crippen LogP contribution in [0.25, 0.3) is 10.2 Å². The van der Waals surface area contributed by atoms with Gasteiger partial charge in [0.05, 0.1) is 17.8 Å². The molecule has 1 amide bonds. The summed E-state index contributed by atoms with van der Waals surface area (Å²) < 4.78 is 1.56. The lowest BCUT2D eigenvalue weighted by Crippen LogP contribution is -2.29. The van der Waals surface area contributed by atoms with E-state index in [2.05, 4.69) is 10.3 Å². The minimum absolute atomic E-state index is 0.0277. The molecule has 1 atom stereocenters. The van der Waals surface area contributed by atoms with Crippen LogP contribution in [0.5, 0.6) is 0 Å². The van der Waals surface area contributed by atoms with Gasteiger partial charge in [-0.15, -0.1) is 11.3 Å². The fourth-order valence-electron chi connectivity index (χ4n) is 3.74. The normalized spacial score (nSPS) is 14.6. The summed E-state index contributed by atoms with van der Waals surface area (Å²) in [5.41, 5.74) is 2.10. The van der Waals surface area contributed by atoms with Crippen molar-refractivity contribution in [3.8, 4) is 0 Å². The molecular formula is C21H22ClN3O2S. The predicted molar refractivity (Wildman–Crippen MR) is 113 cm³/mol. The molecule has 0 spiro atoms. The summed E-state index contributed by atoms with van der Waals surface area (Å²) in [5, 5.41) is 4.37. The molecule has 5 nitrogen and oxygen atoms in total. The van der Waals surface area contributed by atoms with Crippen LogP contribution in [0.4, 0.5) is 0 Å². The van der Waals surface area contributed by atoms with Crippen LogP contribution in [0.1, 0.15) is 48.2 Å². The Balaban J connectivity index is 1.46. The maximum Gasteiger partial charge on any atom is 0.262 e. The van der Waals surface area contributed by atoms with Crippen molar-refractivity contribution in [3.05, 3.63) is 62.0 Å². The topological polar surface area (TPSA) is 64.0 Å². The smallest absolute Gasteiger partial charge is 0.262 e. The zero-order valence-electron chi connectivity index (χ0n) is 15.7. The molecule has 28 heavy (non-hydrogen) atoms. The summed E-state index contributed by atoms with van der Waals surface area (Å²) >= 11 is 7.66. The number of amides is 1. The highest BCUT2D eigenvalue weighted by Crippen LogP contribution is 2.33. The summed E-state index contributed by atoms with van der Waals surface area (Å²) in [6.45, 7) is 2.24. The van der Waals surface area contributed by atoms with E-state index in [1.807, 2.05) is 25.1 Å². The second-order valence-electron chi connectivity index (χ2n) is 7.23. The van der Waals surface area contributed by atoms with Gasteiger partial charge in [-0.2, -0.15) is 0 Å². The third-order valence-corrected chi connectivity index (χ3v) is 6.68. The Morgan fingerprint density at radius 2 is 2.18 bits per heavy atom. The lowest BCUT2D eigenvalue weighted by molar-refractivity contribution is -0.121. The molecule has 2 aromatic heterocycles. The SMILES string of the molecule is CC(NC(=O)CCn1cnc2sc3c(c2c1=O)CCCC3)c1cccc(Cl)c1. The molecule has 0 fully saturated rings. The fraction of sp³-hybridized carbons (Fsp3) is 0.381. The van der Waals surface area contributed by atoms with Crippen LogP contribution in [-0.2, 0) is 24.2 Å². The highest BCUT2D eigenvalue weighted by molar-refractivity contribution is 7.18. The van der Waals surface area contributed by atoms with Gasteiger partial charge in [-0.1, -0.05) is 23.7 Å². The molecule has 3 aromatic rings. The van der Waals surface area contributed by atoms with Crippen molar-refractivity contribution in [2.75, 3.05) is 0 Å². The van der Waals surface area contributed by atoms with Gasteiger partial charge in [0.2, 0.25) is 5.91 Å².